The molecule has 2 aromatic heterocycles. The van der Waals surface area contributed by atoms with E-state index in [0.717, 1.165) is 91.0 Å². The molecule has 8 aromatic rings. The molecule has 1 aliphatic carbocycles. The number of fused-ring (bicyclic) bond motifs is 4. The molecule has 6 aromatic carbocycles. The van der Waals surface area contributed by atoms with Crippen LogP contribution < -0.4 is 0 Å². The number of aryl methyl sites for hydroxylation is 2. The maximum Gasteiger partial charge on any atom is 0.0904 e. The van der Waals surface area contributed by atoms with Crippen molar-refractivity contribution < 1.29 is 26.2 Å². The molecule has 0 aliphatic heterocycles. The zero-order valence-corrected chi connectivity index (χ0v) is 32.1. The van der Waals surface area contributed by atoms with Crippen molar-refractivity contribution in [2.45, 2.75) is 39.0 Å². The summed E-state index contributed by atoms with van der Waals surface area (Å²) in [6, 6.07) is 50.2. The predicted octanol–water partition coefficient (Wildman–Crippen LogP) is 11.7. The van der Waals surface area contributed by atoms with E-state index in [2.05, 4.69) is 153 Å². The largest absolute Gasteiger partial charge is 0.515 e. The summed E-state index contributed by atoms with van der Waals surface area (Å²) in [6.45, 7) is 6.74. The Hall–Kier alpha value is -5.57. The summed E-state index contributed by atoms with van der Waals surface area (Å²) in [5, 5.41) is 12.2. The van der Waals surface area contributed by atoms with Gasteiger partial charge in [-0.3, -0.25) is 9.97 Å². The molecule has 1 N–H and O–H groups in total. The molecule has 0 spiro atoms. The van der Waals surface area contributed by atoms with Gasteiger partial charge in [-0.05, 0) is 58.4 Å². The molecule has 0 fully saturated rings. The second-order valence-electron chi connectivity index (χ2n) is 14.7. The number of hydrogen-bond acceptors (Lipinski definition) is 3. The molecule has 0 radical (unpaired) electrons. The quantitative estimate of drug-likeness (QED) is 0.175. The Labute approximate surface area is 325 Å². The number of para-hydroxylation sites is 1. The summed E-state index contributed by atoms with van der Waals surface area (Å²) in [7, 11) is 0. The van der Waals surface area contributed by atoms with Crippen LogP contribution in [-0.2, 0) is 39.3 Å². The van der Waals surface area contributed by atoms with Gasteiger partial charge in [0.05, 0.1) is 28.5 Å². The van der Waals surface area contributed by atoms with E-state index < -0.39 is 0 Å². The van der Waals surface area contributed by atoms with Crippen molar-refractivity contribution in [1.82, 2.24) is 14.5 Å². The monoisotopic (exact) mass is 867 g/mol. The van der Waals surface area contributed by atoms with E-state index >= 15 is 0 Å². The fourth-order valence-corrected chi connectivity index (χ4v) is 7.63. The molecule has 4 nitrogen and oxygen atoms in total. The fourth-order valence-electron chi connectivity index (χ4n) is 7.63. The predicted molar refractivity (Wildman–Crippen MR) is 213 cm³/mol. The van der Waals surface area contributed by atoms with Gasteiger partial charge >= 0.3 is 0 Å². The Morgan fingerprint density at radius 3 is 2.06 bits per heavy atom. The van der Waals surface area contributed by atoms with Crippen molar-refractivity contribution >= 4 is 10.9 Å². The van der Waals surface area contributed by atoms with E-state index in [1.54, 1.807) is 6.07 Å². The number of pyridine rings is 1. The number of imidazole rings is 1. The van der Waals surface area contributed by atoms with Crippen LogP contribution in [0.25, 0.3) is 72.6 Å². The van der Waals surface area contributed by atoms with Gasteiger partial charge in [-0.1, -0.05) is 135 Å². The van der Waals surface area contributed by atoms with E-state index in [9.17, 15) is 5.11 Å². The van der Waals surface area contributed by atoms with Crippen LogP contribution in [0.5, 0.6) is 5.75 Å². The molecule has 262 valence electrons. The molecule has 9 rings (SSSR count). The smallest absolute Gasteiger partial charge is 0.0904 e. The van der Waals surface area contributed by atoms with Crippen LogP contribution in [0.1, 0.15) is 37.5 Å². The van der Waals surface area contributed by atoms with Crippen molar-refractivity contribution in [2.24, 2.45) is 0 Å². The number of phenolic OH excluding ortho intramolecular Hbond substituents is 1. The fraction of sp³-hybridized carbons (Fsp3) is 0.125. The first-order valence-electron chi connectivity index (χ1n) is 17.9. The third-order valence-corrected chi connectivity index (χ3v) is 10.3. The molecule has 5 heteroatoms. The van der Waals surface area contributed by atoms with Gasteiger partial charge in [0.2, 0.25) is 0 Å². The van der Waals surface area contributed by atoms with Crippen LogP contribution in [0.4, 0.5) is 0 Å². The normalized spacial score (nSPS) is 12.2. The second-order valence-corrected chi connectivity index (χ2v) is 14.7. The summed E-state index contributed by atoms with van der Waals surface area (Å²) >= 11 is 0. The van der Waals surface area contributed by atoms with Gasteiger partial charge < -0.3 is 9.67 Å². The number of aromatic nitrogens is 3. The first kappa shape index (κ1) is 34.5. The van der Waals surface area contributed by atoms with Gasteiger partial charge in [-0.2, -0.15) is 0 Å². The number of benzene rings is 6. The van der Waals surface area contributed by atoms with Crippen LogP contribution in [0, 0.1) is 6.07 Å². The zero-order valence-electron chi connectivity index (χ0n) is 29.9. The molecule has 0 unspecified atom stereocenters. The molecule has 0 atom stereocenters. The minimum atomic E-state index is -0.0772. The van der Waals surface area contributed by atoms with Gasteiger partial charge in [0.25, 0.3) is 0 Å². The van der Waals surface area contributed by atoms with E-state index in [-0.39, 0.29) is 32.2 Å². The summed E-state index contributed by atoms with van der Waals surface area (Å²) < 4.78 is 2.26. The van der Waals surface area contributed by atoms with Crippen LogP contribution in [0.3, 0.4) is 0 Å². The van der Waals surface area contributed by atoms with Crippen LogP contribution in [0.2, 0.25) is 0 Å². The van der Waals surface area contributed by atoms with Crippen LogP contribution in [0.15, 0.2) is 146 Å². The summed E-state index contributed by atoms with van der Waals surface area (Å²) in [4.78, 5) is 10.4. The van der Waals surface area contributed by atoms with Gasteiger partial charge in [0.15, 0.2) is 0 Å². The Kier molecular flexibility index (Phi) is 8.96. The number of aromatic hydroxyl groups is 1. The van der Waals surface area contributed by atoms with E-state index in [0.29, 0.717) is 0 Å². The topological polar surface area (TPSA) is 50.9 Å². The van der Waals surface area contributed by atoms with Crippen LogP contribution >= 0.6 is 0 Å². The number of rotatable bonds is 5. The Morgan fingerprint density at radius 2 is 1.36 bits per heavy atom. The molecular formula is C48H38N3OPt-. The Morgan fingerprint density at radius 1 is 0.679 bits per heavy atom. The summed E-state index contributed by atoms with van der Waals surface area (Å²) in [6.07, 6.45) is 5.82. The maximum absolute atomic E-state index is 11.1. The summed E-state index contributed by atoms with van der Waals surface area (Å²) in [5.41, 5.74) is 14.3. The average molecular weight is 868 g/mol. The van der Waals surface area contributed by atoms with E-state index in [4.69, 9.17) is 9.97 Å². The van der Waals surface area contributed by atoms with Gasteiger partial charge in [-0.25, -0.2) is 0 Å². The van der Waals surface area contributed by atoms with Gasteiger partial charge in [0, 0.05) is 55.5 Å². The molecule has 0 bridgehead atoms. The third kappa shape index (κ3) is 6.22. The maximum atomic E-state index is 11.1. The second kappa shape index (κ2) is 13.8. The molecule has 0 saturated heterocycles. The summed E-state index contributed by atoms with van der Waals surface area (Å²) in [5.74, 6) is 1.05. The minimum absolute atomic E-state index is 0. The molecular weight excluding hydrogens is 830 g/mol. The van der Waals surface area contributed by atoms with Gasteiger partial charge in [0.1, 0.15) is 0 Å². The number of nitrogens with zero attached hydrogens (tertiary/aromatic N) is 3. The molecule has 53 heavy (non-hydrogen) atoms. The van der Waals surface area contributed by atoms with E-state index in [1.165, 1.54) is 11.1 Å². The first-order chi connectivity index (χ1) is 25.3. The first-order valence-corrected chi connectivity index (χ1v) is 17.9. The van der Waals surface area contributed by atoms with Crippen molar-refractivity contribution in [3.05, 3.63) is 169 Å². The molecule has 2 heterocycles. The Bertz CT molecular complexity index is 2560. The SMILES string of the molecule is CC(C)(C)c1cc(-c2cn(-c3c(-c4ccccc4)cccc3-c3ccccc3)c(-c3[c-]c4c(cc3)CCc3cccc(O)c3-4)n2)c2ncccc2c1.[Pt]. The van der Waals surface area contributed by atoms with Crippen molar-refractivity contribution in [1.29, 1.82) is 0 Å². The van der Waals surface area contributed by atoms with Crippen molar-refractivity contribution in [3.8, 4) is 67.5 Å². The molecule has 0 saturated carbocycles. The number of phenols is 1. The van der Waals surface area contributed by atoms with Crippen LogP contribution in [-0.4, -0.2) is 19.6 Å². The van der Waals surface area contributed by atoms with Crippen molar-refractivity contribution in [3.63, 3.8) is 0 Å². The Balaban J connectivity index is 0.00000400. The number of hydrogen-bond donors (Lipinski definition) is 1. The van der Waals surface area contributed by atoms with Gasteiger partial charge in [-0.15, -0.1) is 29.3 Å². The molecule has 1 aliphatic rings. The zero-order chi connectivity index (χ0) is 35.4. The van der Waals surface area contributed by atoms with Crippen molar-refractivity contribution in [2.75, 3.05) is 0 Å². The third-order valence-electron chi connectivity index (χ3n) is 10.3. The standard InChI is InChI=1S/C48H38N3O.Pt/c1-48(2,3)37-27-35-18-12-26-49-45(35)41(29-37)42-30-51(46-38(31-13-6-4-7-14-31)19-11-20-39(46)32-15-8-5-9-16-32)47(50-42)36-25-23-33-22-24-34-17-10-21-43(52)44(34)40(33)28-36;/h4-21,23,25-27,29-30,52H,22,24H2,1-3H3;/q-1;. The average Bonchev–Trinajstić information content (AvgIpc) is 3.62. The van der Waals surface area contributed by atoms with E-state index in [1.807, 2.05) is 18.3 Å². The molecule has 0 amide bonds. The minimum Gasteiger partial charge on any atom is -0.515 e.